The van der Waals surface area contributed by atoms with E-state index in [0.717, 1.165) is 25.9 Å². The van der Waals surface area contributed by atoms with Gasteiger partial charge in [0.15, 0.2) is 0 Å². The Kier molecular flexibility index (Phi) is 4.53. The number of carbonyl (C=O) groups excluding carboxylic acids is 2. The third-order valence-corrected chi connectivity index (χ3v) is 5.40. The minimum absolute atomic E-state index is 0.0280. The van der Waals surface area contributed by atoms with Crippen LogP contribution in [-0.4, -0.2) is 55.1 Å². The second-order valence-corrected chi connectivity index (χ2v) is 6.81. The van der Waals surface area contributed by atoms with Gasteiger partial charge in [0.05, 0.1) is 0 Å². The summed E-state index contributed by atoms with van der Waals surface area (Å²) >= 11 is 0. The van der Waals surface area contributed by atoms with Gasteiger partial charge < -0.3 is 15.5 Å². The molecular weight excluding hydrogens is 311 g/mol. The Bertz CT molecular complexity index is 469. The van der Waals surface area contributed by atoms with Crippen LogP contribution in [0.4, 0.5) is 13.2 Å². The lowest BCUT2D eigenvalue weighted by Gasteiger charge is -2.32. The van der Waals surface area contributed by atoms with Gasteiger partial charge >= 0.3 is 6.18 Å². The molecule has 4 atom stereocenters. The molecule has 8 heteroatoms. The number of nitrogens with one attached hydrogen (secondary N) is 2. The van der Waals surface area contributed by atoms with Crippen LogP contribution in [0.3, 0.4) is 0 Å². The molecule has 0 bridgehead atoms. The Balaban J connectivity index is 1.59. The number of halogens is 3. The van der Waals surface area contributed by atoms with Gasteiger partial charge in [0.2, 0.25) is 11.8 Å². The lowest BCUT2D eigenvalue weighted by Crippen LogP contribution is -2.55. The van der Waals surface area contributed by atoms with E-state index in [0.29, 0.717) is 24.9 Å². The van der Waals surface area contributed by atoms with Crippen molar-refractivity contribution < 1.29 is 22.8 Å². The molecular formula is C15H22F3N3O2. The highest BCUT2D eigenvalue weighted by molar-refractivity contribution is 6.00. The Morgan fingerprint density at radius 3 is 2.17 bits per heavy atom. The van der Waals surface area contributed by atoms with Gasteiger partial charge in [-0.1, -0.05) is 0 Å². The second kappa shape index (κ2) is 6.30. The average molecular weight is 333 g/mol. The molecule has 130 valence electrons. The van der Waals surface area contributed by atoms with Crippen molar-refractivity contribution >= 4 is 11.8 Å². The molecule has 2 N–H and O–H groups in total. The van der Waals surface area contributed by atoms with E-state index in [2.05, 4.69) is 5.32 Å². The summed E-state index contributed by atoms with van der Waals surface area (Å²) in [5, 5.41) is 5.31. The van der Waals surface area contributed by atoms with Gasteiger partial charge in [0.1, 0.15) is 12.0 Å². The number of piperidine rings is 1. The second-order valence-electron chi connectivity index (χ2n) is 6.81. The molecule has 0 aliphatic carbocycles. The predicted octanol–water partition coefficient (Wildman–Crippen LogP) is 0.901. The molecule has 3 fully saturated rings. The van der Waals surface area contributed by atoms with Crippen molar-refractivity contribution in [2.75, 3.05) is 26.2 Å². The van der Waals surface area contributed by atoms with Crippen LogP contribution in [0, 0.1) is 17.8 Å². The third-order valence-electron chi connectivity index (χ3n) is 5.40. The summed E-state index contributed by atoms with van der Waals surface area (Å²) in [5.41, 5.74) is 0. The first-order valence-corrected chi connectivity index (χ1v) is 8.23. The first-order chi connectivity index (χ1) is 10.9. The van der Waals surface area contributed by atoms with E-state index in [1.807, 2.05) is 5.32 Å². The fourth-order valence-corrected chi connectivity index (χ4v) is 3.95. The van der Waals surface area contributed by atoms with Crippen LogP contribution in [0.25, 0.3) is 0 Å². The van der Waals surface area contributed by atoms with Crippen LogP contribution < -0.4 is 10.6 Å². The SMILES string of the molecule is O=C1NC(C(F)(F)F)CCC1C(=O)N1CC[C@@H]2CNC[C@@H]2CC1. The fraction of sp³-hybridized carbons (Fsp3) is 0.867. The lowest BCUT2D eigenvalue weighted by atomic mass is 9.92. The first-order valence-electron chi connectivity index (χ1n) is 8.23. The molecule has 0 aromatic heterocycles. The van der Waals surface area contributed by atoms with Crippen LogP contribution in [0.15, 0.2) is 0 Å². The summed E-state index contributed by atoms with van der Waals surface area (Å²) in [7, 11) is 0. The van der Waals surface area contributed by atoms with Crippen LogP contribution >= 0.6 is 0 Å². The van der Waals surface area contributed by atoms with Gasteiger partial charge in [-0.2, -0.15) is 13.2 Å². The van der Waals surface area contributed by atoms with Crippen molar-refractivity contribution in [1.82, 2.24) is 15.5 Å². The zero-order chi connectivity index (χ0) is 16.6. The van der Waals surface area contributed by atoms with Gasteiger partial charge in [0.25, 0.3) is 0 Å². The molecule has 0 aromatic carbocycles. The van der Waals surface area contributed by atoms with Crippen molar-refractivity contribution in [3.63, 3.8) is 0 Å². The van der Waals surface area contributed by atoms with Gasteiger partial charge in [-0.15, -0.1) is 0 Å². The molecule has 3 saturated heterocycles. The van der Waals surface area contributed by atoms with E-state index < -0.39 is 24.0 Å². The highest BCUT2D eigenvalue weighted by atomic mass is 19.4. The van der Waals surface area contributed by atoms with E-state index in [1.165, 1.54) is 0 Å². The van der Waals surface area contributed by atoms with Crippen LogP contribution in [0.1, 0.15) is 25.7 Å². The number of likely N-dealkylation sites (tertiary alicyclic amines) is 1. The Hall–Kier alpha value is -1.31. The minimum Gasteiger partial charge on any atom is -0.344 e. The summed E-state index contributed by atoms with van der Waals surface area (Å²) in [6, 6.07) is -1.83. The summed E-state index contributed by atoms with van der Waals surface area (Å²) in [6.45, 7) is 3.11. The van der Waals surface area contributed by atoms with Gasteiger partial charge in [-0.3, -0.25) is 9.59 Å². The molecule has 0 aromatic rings. The van der Waals surface area contributed by atoms with E-state index in [4.69, 9.17) is 0 Å². The maximum atomic E-state index is 12.7. The number of amides is 2. The van der Waals surface area contributed by atoms with Gasteiger partial charge in [-0.05, 0) is 50.6 Å². The molecule has 3 aliphatic heterocycles. The van der Waals surface area contributed by atoms with Crippen molar-refractivity contribution in [1.29, 1.82) is 0 Å². The highest BCUT2D eigenvalue weighted by Gasteiger charge is 2.46. The van der Waals surface area contributed by atoms with Crippen LogP contribution in [0.2, 0.25) is 0 Å². The summed E-state index contributed by atoms with van der Waals surface area (Å²) < 4.78 is 38.0. The lowest BCUT2D eigenvalue weighted by molar-refractivity contribution is -0.172. The van der Waals surface area contributed by atoms with E-state index >= 15 is 0 Å². The Morgan fingerprint density at radius 2 is 1.65 bits per heavy atom. The predicted molar refractivity (Wildman–Crippen MR) is 76.4 cm³/mol. The normalized spacial score (nSPS) is 35.4. The number of rotatable bonds is 1. The summed E-state index contributed by atoms with van der Waals surface area (Å²) in [4.78, 5) is 26.2. The molecule has 2 amide bonds. The highest BCUT2D eigenvalue weighted by Crippen LogP contribution is 2.31. The summed E-state index contributed by atoms with van der Waals surface area (Å²) in [6.07, 6.45) is -2.92. The zero-order valence-electron chi connectivity index (χ0n) is 12.9. The summed E-state index contributed by atoms with van der Waals surface area (Å²) in [5.74, 6) is -0.944. The average Bonchev–Trinajstić information content (AvgIpc) is 2.84. The van der Waals surface area contributed by atoms with E-state index in [1.54, 1.807) is 4.90 Å². The molecule has 2 unspecified atom stereocenters. The largest absolute Gasteiger partial charge is 0.408 e. The molecule has 3 heterocycles. The van der Waals surface area contributed by atoms with Gasteiger partial charge in [0, 0.05) is 13.1 Å². The number of hydrogen-bond acceptors (Lipinski definition) is 3. The van der Waals surface area contributed by atoms with E-state index in [-0.39, 0.29) is 18.7 Å². The first kappa shape index (κ1) is 16.5. The quantitative estimate of drug-likeness (QED) is 0.701. The topological polar surface area (TPSA) is 61.4 Å². The van der Waals surface area contributed by atoms with Crippen LogP contribution in [0.5, 0.6) is 0 Å². The minimum atomic E-state index is -4.45. The Labute approximate surface area is 133 Å². The fourth-order valence-electron chi connectivity index (χ4n) is 3.95. The third kappa shape index (κ3) is 3.46. The molecule has 23 heavy (non-hydrogen) atoms. The maximum Gasteiger partial charge on any atom is 0.408 e. The zero-order valence-corrected chi connectivity index (χ0v) is 12.9. The number of alkyl halides is 3. The van der Waals surface area contributed by atoms with Crippen LogP contribution in [-0.2, 0) is 9.59 Å². The van der Waals surface area contributed by atoms with Crippen molar-refractivity contribution in [2.45, 2.75) is 37.9 Å². The number of fused-ring (bicyclic) bond motifs is 1. The van der Waals surface area contributed by atoms with Crippen molar-refractivity contribution in [3.8, 4) is 0 Å². The number of nitrogens with zero attached hydrogens (tertiary/aromatic N) is 1. The monoisotopic (exact) mass is 333 g/mol. The molecule has 3 rings (SSSR count). The molecule has 0 radical (unpaired) electrons. The number of carbonyl (C=O) groups is 2. The van der Waals surface area contributed by atoms with Crippen molar-refractivity contribution in [2.24, 2.45) is 17.8 Å². The van der Waals surface area contributed by atoms with Crippen molar-refractivity contribution in [3.05, 3.63) is 0 Å². The smallest absolute Gasteiger partial charge is 0.344 e. The molecule has 0 spiro atoms. The molecule has 3 aliphatic rings. The standard InChI is InChI=1S/C15H22F3N3O2/c16-15(17,18)12-2-1-11(13(22)20-12)14(23)21-5-3-9-7-19-8-10(9)4-6-21/h9-12,19H,1-8H2,(H,20,22)/t9-,10+,11?,12?. The molecule has 0 saturated carbocycles. The maximum absolute atomic E-state index is 12.7. The molecule has 5 nitrogen and oxygen atoms in total. The Morgan fingerprint density at radius 1 is 1.04 bits per heavy atom. The van der Waals surface area contributed by atoms with E-state index in [9.17, 15) is 22.8 Å². The number of hydrogen-bond donors (Lipinski definition) is 2. The van der Waals surface area contributed by atoms with Gasteiger partial charge in [-0.25, -0.2) is 0 Å².